The predicted molar refractivity (Wildman–Crippen MR) is 98.4 cm³/mol. The monoisotopic (exact) mass is 382 g/mol. The van der Waals surface area contributed by atoms with Crippen LogP contribution in [0.1, 0.15) is 43.1 Å². The minimum Gasteiger partial charge on any atom is -0.356 e. The molecule has 0 saturated carbocycles. The molecule has 2 N–H and O–H groups in total. The van der Waals surface area contributed by atoms with Crippen LogP contribution >= 0.6 is 0 Å². The Bertz CT molecular complexity index is 754. The van der Waals surface area contributed by atoms with Crippen molar-refractivity contribution in [3.8, 4) is 0 Å². The molecule has 1 aromatic heterocycles. The van der Waals surface area contributed by atoms with Gasteiger partial charge in [0.2, 0.25) is 0 Å². The lowest BCUT2D eigenvalue weighted by atomic mass is 9.96. The molecule has 0 radical (unpaired) electrons. The van der Waals surface area contributed by atoms with Crippen LogP contribution in [-0.4, -0.2) is 34.3 Å². The van der Waals surface area contributed by atoms with E-state index in [-0.39, 0.29) is 5.92 Å². The Hall–Kier alpha value is -2.58. The molecule has 148 valence electrons. The Morgan fingerprint density at radius 1 is 1.30 bits per heavy atom. The van der Waals surface area contributed by atoms with Gasteiger partial charge in [-0.15, -0.1) is 10.2 Å². The van der Waals surface area contributed by atoms with Crippen LogP contribution in [0.25, 0.3) is 0 Å². The van der Waals surface area contributed by atoms with E-state index in [1.807, 2.05) is 18.4 Å². The van der Waals surface area contributed by atoms with Crippen molar-refractivity contribution in [3.63, 3.8) is 0 Å². The summed E-state index contributed by atoms with van der Waals surface area (Å²) < 4.78 is 40.5. The van der Waals surface area contributed by atoms with E-state index in [2.05, 4.69) is 25.8 Å². The van der Waals surface area contributed by atoms with Crippen LogP contribution in [0.2, 0.25) is 0 Å². The fourth-order valence-corrected chi connectivity index (χ4v) is 2.66. The molecule has 0 spiro atoms. The molecule has 1 heterocycles. The van der Waals surface area contributed by atoms with Crippen LogP contribution in [0.4, 0.5) is 13.2 Å². The summed E-state index contributed by atoms with van der Waals surface area (Å²) in [7, 11) is 1.66. The summed E-state index contributed by atoms with van der Waals surface area (Å²) in [6.45, 7) is 5.77. The van der Waals surface area contributed by atoms with E-state index in [9.17, 15) is 13.2 Å². The van der Waals surface area contributed by atoms with Gasteiger partial charge in [-0.05, 0) is 30.9 Å². The lowest BCUT2D eigenvalue weighted by Gasteiger charge is -2.16. The number of alkyl halides is 3. The molecule has 1 unspecified atom stereocenters. The molecule has 2 aromatic rings. The molecule has 27 heavy (non-hydrogen) atoms. The maximum Gasteiger partial charge on any atom is 0.416 e. The molecule has 1 aromatic carbocycles. The van der Waals surface area contributed by atoms with Gasteiger partial charge in [0.05, 0.1) is 12.1 Å². The van der Waals surface area contributed by atoms with Gasteiger partial charge in [-0.2, -0.15) is 13.2 Å². The van der Waals surface area contributed by atoms with E-state index in [4.69, 9.17) is 0 Å². The highest BCUT2D eigenvalue weighted by Gasteiger charge is 2.30. The van der Waals surface area contributed by atoms with Gasteiger partial charge in [-0.3, -0.25) is 4.99 Å². The van der Waals surface area contributed by atoms with E-state index < -0.39 is 11.7 Å². The Morgan fingerprint density at radius 3 is 2.74 bits per heavy atom. The predicted octanol–water partition coefficient (Wildman–Crippen LogP) is 3.18. The van der Waals surface area contributed by atoms with Gasteiger partial charge >= 0.3 is 6.18 Å². The summed E-state index contributed by atoms with van der Waals surface area (Å²) in [5, 5.41) is 14.2. The van der Waals surface area contributed by atoms with Gasteiger partial charge in [-0.1, -0.05) is 25.1 Å². The number of nitrogens with zero attached hydrogens (tertiary/aromatic N) is 4. The summed E-state index contributed by atoms with van der Waals surface area (Å²) in [5.41, 5.74) is 0.0583. The van der Waals surface area contributed by atoms with E-state index in [0.29, 0.717) is 31.0 Å². The highest BCUT2D eigenvalue weighted by atomic mass is 19.4. The standard InChI is InChI=1S/C18H25F3N6/c1-4-27-12-25-26-16(27)11-24-17(22-3)23-9-8-13(2)14-6-5-7-15(10-14)18(19,20)21/h5-7,10,12-13H,4,8-9,11H2,1-3H3,(H2,22,23,24). The minimum atomic E-state index is -4.32. The molecule has 0 fully saturated rings. The number of aromatic nitrogens is 3. The van der Waals surface area contributed by atoms with Gasteiger partial charge in [0.1, 0.15) is 6.33 Å². The van der Waals surface area contributed by atoms with E-state index in [0.717, 1.165) is 18.4 Å². The highest BCUT2D eigenvalue weighted by Crippen LogP contribution is 2.31. The van der Waals surface area contributed by atoms with Gasteiger partial charge in [-0.25, -0.2) is 0 Å². The number of aryl methyl sites for hydroxylation is 1. The first kappa shape index (κ1) is 20.7. The van der Waals surface area contributed by atoms with Crippen LogP contribution in [-0.2, 0) is 19.3 Å². The maximum atomic E-state index is 12.8. The van der Waals surface area contributed by atoms with Crippen molar-refractivity contribution >= 4 is 5.96 Å². The van der Waals surface area contributed by atoms with Crippen LogP contribution in [0.3, 0.4) is 0 Å². The van der Waals surface area contributed by atoms with Crippen LogP contribution in [0.5, 0.6) is 0 Å². The molecule has 1 atom stereocenters. The number of benzene rings is 1. The number of halogens is 3. The van der Waals surface area contributed by atoms with E-state index >= 15 is 0 Å². The van der Waals surface area contributed by atoms with Gasteiger partial charge in [0, 0.05) is 20.1 Å². The molecule has 9 heteroatoms. The minimum absolute atomic E-state index is 0.0129. The zero-order chi connectivity index (χ0) is 19.9. The third-order valence-corrected chi connectivity index (χ3v) is 4.33. The quantitative estimate of drug-likeness (QED) is 0.570. The zero-order valence-corrected chi connectivity index (χ0v) is 15.7. The number of rotatable bonds is 7. The smallest absolute Gasteiger partial charge is 0.356 e. The van der Waals surface area contributed by atoms with E-state index in [1.54, 1.807) is 19.4 Å². The molecule has 2 rings (SSSR count). The summed E-state index contributed by atoms with van der Waals surface area (Å²) in [5.74, 6) is 1.40. The van der Waals surface area contributed by atoms with Crippen molar-refractivity contribution < 1.29 is 13.2 Å². The second kappa shape index (κ2) is 9.38. The Morgan fingerprint density at radius 2 is 2.07 bits per heavy atom. The Balaban J connectivity index is 1.83. The summed E-state index contributed by atoms with van der Waals surface area (Å²) in [6.07, 6.45) is -1.98. The van der Waals surface area contributed by atoms with Crippen molar-refractivity contribution in [2.24, 2.45) is 4.99 Å². The third kappa shape index (κ3) is 5.97. The van der Waals surface area contributed by atoms with Gasteiger partial charge in [0.15, 0.2) is 11.8 Å². The van der Waals surface area contributed by atoms with Crippen molar-refractivity contribution in [3.05, 3.63) is 47.5 Å². The summed E-state index contributed by atoms with van der Waals surface area (Å²) in [6, 6.07) is 5.49. The number of nitrogens with one attached hydrogen (secondary N) is 2. The zero-order valence-electron chi connectivity index (χ0n) is 15.7. The second-order valence-corrected chi connectivity index (χ2v) is 6.20. The van der Waals surface area contributed by atoms with Crippen molar-refractivity contribution in [2.75, 3.05) is 13.6 Å². The highest BCUT2D eigenvalue weighted by molar-refractivity contribution is 5.79. The summed E-state index contributed by atoms with van der Waals surface area (Å²) >= 11 is 0. The number of aliphatic imine (C=N–C) groups is 1. The van der Waals surface area contributed by atoms with E-state index in [1.165, 1.54) is 12.1 Å². The Labute approximate surface area is 156 Å². The SMILES string of the molecule is CCn1cnnc1CNC(=NC)NCCC(C)c1cccc(C(F)(F)F)c1. The fourth-order valence-electron chi connectivity index (χ4n) is 2.66. The molecule has 0 aliphatic rings. The molecule has 0 bridgehead atoms. The number of hydrogen-bond donors (Lipinski definition) is 2. The lowest BCUT2D eigenvalue weighted by molar-refractivity contribution is -0.137. The maximum absolute atomic E-state index is 12.8. The molecular formula is C18H25F3N6. The van der Waals surface area contributed by atoms with Crippen molar-refractivity contribution in [1.82, 2.24) is 25.4 Å². The average Bonchev–Trinajstić information content (AvgIpc) is 3.11. The van der Waals surface area contributed by atoms with Gasteiger partial charge < -0.3 is 15.2 Å². The van der Waals surface area contributed by atoms with Crippen LogP contribution < -0.4 is 10.6 Å². The molecule has 0 aliphatic carbocycles. The normalized spacial score (nSPS) is 13.5. The first-order valence-corrected chi connectivity index (χ1v) is 8.83. The largest absolute Gasteiger partial charge is 0.416 e. The molecular weight excluding hydrogens is 357 g/mol. The average molecular weight is 382 g/mol. The Kier molecular flexibility index (Phi) is 7.20. The van der Waals surface area contributed by atoms with Crippen molar-refractivity contribution in [1.29, 1.82) is 0 Å². The molecule has 0 saturated heterocycles. The first-order chi connectivity index (χ1) is 12.8. The number of hydrogen-bond acceptors (Lipinski definition) is 3. The lowest BCUT2D eigenvalue weighted by Crippen LogP contribution is -2.38. The third-order valence-electron chi connectivity index (χ3n) is 4.33. The number of guanidine groups is 1. The van der Waals surface area contributed by atoms with Gasteiger partial charge in [0.25, 0.3) is 0 Å². The molecule has 6 nitrogen and oxygen atoms in total. The van der Waals surface area contributed by atoms with Crippen molar-refractivity contribution in [2.45, 2.75) is 45.5 Å². The van der Waals surface area contributed by atoms with Crippen LogP contribution in [0, 0.1) is 0 Å². The molecule has 0 amide bonds. The second-order valence-electron chi connectivity index (χ2n) is 6.20. The molecule has 0 aliphatic heterocycles. The van der Waals surface area contributed by atoms with Crippen LogP contribution in [0.15, 0.2) is 35.6 Å². The topological polar surface area (TPSA) is 67.1 Å². The summed E-state index contributed by atoms with van der Waals surface area (Å²) in [4.78, 5) is 4.15. The first-order valence-electron chi connectivity index (χ1n) is 8.83. The fraction of sp³-hybridized carbons (Fsp3) is 0.500.